The summed E-state index contributed by atoms with van der Waals surface area (Å²) in [7, 11) is 1.71. The second-order valence-corrected chi connectivity index (χ2v) is 4.20. The summed E-state index contributed by atoms with van der Waals surface area (Å²) in [4.78, 5) is 21.8. The van der Waals surface area contributed by atoms with Crippen molar-refractivity contribution >= 4 is 12.3 Å². The molecule has 0 radical (unpaired) electrons. The highest BCUT2D eigenvalue weighted by Gasteiger charge is 2.08. The first-order chi connectivity index (χ1) is 8.24. The molecule has 0 heterocycles. The molecule has 0 aliphatic heterocycles. The number of esters is 1. The molecule has 0 unspecified atom stereocenters. The van der Waals surface area contributed by atoms with E-state index in [9.17, 15) is 9.59 Å². The van der Waals surface area contributed by atoms with Gasteiger partial charge in [-0.3, -0.25) is 4.79 Å². The molecule has 0 saturated carbocycles. The fourth-order valence-corrected chi connectivity index (χ4v) is 1.52. The van der Waals surface area contributed by atoms with Crippen LogP contribution in [0.2, 0.25) is 0 Å². The number of aldehydes is 1. The lowest BCUT2D eigenvalue weighted by atomic mass is 10.1. The van der Waals surface area contributed by atoms with E-state index in [1.807, 2.05) is 0 Å². The van der Waals surface area contributed by atoms with Gasteiger partial charge in [0.05, 0.1) is 12.6 Å². The first-order valence-electron chi connectivity index (χ1n) is 6.52. The van der Waals surface area contributed by atoms with Crippen molar-refractivity contribution in [3.63, 3.8) is 0 Å². The summed E-state index contributed by atoms with van der Waals surface area (Å²) in [6.45, 7) is 2.68. The molecule has 0 amide bonds. The fourth-order valence-electron chi connectivity index (χ4n) is 1.52. The SMILES string of the molecule is CCCCCCCOC(=O)CC[C@@H](C=O)NC. The van der Waals surface area contributed by atoms with Gasteiger partial charge in [-0.15, -0.1) is 0 Å². The van der Waals surface area contributed by atoms with Crippen LogP contribution in [0.3, 0.4) is 0 Å². The average Bonchev–Trinajstić information content (AvgIpc) is 2.35. The topological polar surface area (TPSA) is 55.4 Å². The largest absolute Gasteiger partial charge is 0.466 e. The molecule has 0 bridgehead atoms. The number of carbonyl (C=O) groups is 2. The molecule has 1 atom stereocenters. The molecule has 0 fully saturated rings. The molecule has 0 aromatic rings. The molecule has 4 heteroatoms. The van der Waals surface area contributed by atoms with Crippen LogP contribution < -0.4 is 5.32 Å². The van der Waals surface area contributed by atoms with Crippen molar-refractivity contribution in [1.29, 1.82) is 0 Å². The van der Waals surface area contributed by atoms with Crippen LogP contribution in [-0.2, 0) is 14.3 Å². The summed E-state index contributed by atoms with van der Waals surface area (Å²) < 4.78 is 5.08. The molecule has 0 aliphatic carbocycles. The first-order valence-corrected chi connectivity index (χ1v) is 6.52. The van der Waals surface area contributed by atoms with Crippen molar-refractivity contribution in [3.8, 4) is 0 Å². The van der Waals surface area contributed by atoms with E-state index in [0.29, 0.717) is 19.4 Å². The van der Waals surface area contributed by atoms with Crippen molar-refractivity contribution in [1.82, 2.24) is 5.32 Å². The summed E-state index contributed by atoms with van der Waals surface area (Å²) in [5, 5.41) is 2.82. The Morgan fingerprint density at radius 2 is 2.00 bits per heavy atom. The lowest BCUT2D eigenvalue weighted by Gasteiger charge is -2.08. The number of ether oxygens (including phenoxy) is 1. The molecule has 0 aromatic heterocycles. The van der Waals surface area contributed by atoms with Gasteiger partial charge in [-0.1, -0.05) is 32.6 Å². The van der Waals surface area contributed by atoms with E-state index in [0.717, 1.165) is 19.1 Å². The minimum absolute atomic E-state index is 0.206. The van der Waals surface area contributed by atoms with Gasteiger partial charge in [-0.25, -0.2) is 0 Å². The summed E-state index contributed by atoms with van der Waals surface area (Å²) in [6, 6.07) is -0.243. The smallest absolute Gasteiger partial charge is 0.305 e. The molecule has 0 rings (SSSR count). The highest BCUT2D eigenvalue weighted by molar-refractivity contribution is 5.70. The van der Waals surface area contributed by atoms with E-state index in [1.54, 1.807) is 7.05 Å². The zero-order valence-corrected chi connectivity index (χ0v) is 11.0. The number of rotatable bonds is 11. The van der Waals surface area contributed by atoms with Gasteiger partial charge in [0.25, 0.3) is 0 Å². The van der Waals surface area contributed by atoms with Crippen molar-refractivity contribution in [2.24, 2.45) is 0 Å². The summed E-state index contributed by atoms with van der Waals surface area (Å²) in [5.41, 5.74) is 0. The van der Waals surface area contributed by atoms with Crippen molar-refractivity contribution < 1.29 is 14.3 Å². The fraction of sp³-hybridized carbons (Fsp3) is 0.846. The van der Waals surface area contributed by atoms with E-state index in [1.165, 1.54) is 19.3 Å². The van der Waals surface area contributed by atoms with E-state index < -0.39 is 0 Å². The maximum atomic E-state index is 11.3. The highest BCUT2D eigenvalue weighted by Crippen LogP contribution is 2.03. The van der Waals surface area contributed by atoms with E-state index in [2.05, 4.69) is 12.2 Å². The van der Waals surface area contributed by atoms with Crippen LogP contribution in [0.5, 0.6) is 0 Å². The Bertz CT molecular complexity index is 207. The molecule has 0 saturated heterocycles. The molecule has 100 valence electrons. The van der Waals surface area contributed by atoms with Gasteiger partial charge in [0.1, 0.15) is 6.29 Å². The van der Waals surface area contributed by atoms with Gasteiger partial charge in [0.2, 0.25) is 0 Å². The Morgan fingerprint density at radius 3 is 2.59 bits per heavy atom. The Morgan fingerprint density at radius 1 is 1.29 bits per heavy atom. The normalized spacial score (nSPS) is 12.1. The molecular formula is C13H25NO3. The maximum Gasteiger partial charge on any atom is 0.305 e. The molecule has 0 aromatic carbocycles. The van der Waals surface area contributed by atoms with Gasteiger partial charge in [0.15, 0.2) is 0 Å². The minimum atomic E-state index is -0.243. The van der Waals surface area contributed by atoms with E-state index >= 15 is 0 Å². The number of hydrogen-bond donors (Lipinski definition) is 1. The van der Waals surface area contributed by atoms with Crippen LogP contribution in [0, 0.1) is 0 Å². The summed E-state index contributed by atoms with van der Waals surface area (Å²) >= 11 is 0. The second-order valence-electron chi connectivity index (χ2n) is 4.20. The first kappa shape index (κ1) is 16.1. The predicted octanol–water partition coefficient (Wildman–Crippen LogP) is 2.07. The zero-order chi connectivity index (χ0) is 12.9. The van der Waals surface area contributed by atoms with Crippen LogP contribution in [-0.4, -0.2) is 32.0 Å². The van der Waals surface area contributed by atoms with Gasteiger partial charge >= 0.3 is 5.97 Å². The third kappa shape index (κ3) is 10.00. The Kier molecular flexibility index (Phi) is 11.0. The van der Waals surface area contributed by atoms with Crippen molar-refractivity contribution in [2.45, 2.75) is 57.9 Å². The van der Waals surface area contributed by atoms with E-state index in [-0.39, 0.29) is 12.0 Å². The quantitative estimate of drug-likeness (QED) is 0.343. The lowest BCUT2D eigenvalue weighted by Crippen LogP contribution is -2.27. The minimum Gasteiger partial charge on any atom is -0.466 e. The maximum absolute atomic E-state index is 11.3. The molecule has 0 spiro atoms. The second kappa shape index (κ2) is 11.6. The van der Waals surface area contributed by atoms with Gasteiger partial charge in [-0.2, -0.15) is 0 Å². The molecule has 17 heavy (non-hydrogen) atoms. The van der Waals surface area contributed by atoms with Crippen LogP contribution in [0.25, 0.3) is 0 Å². The number of unbranched alkanes of at least 4 members (excludes halogenated alkanes) is 4. The number of carbonyl (C=O) groups excluding carboxylic acids is 2. The Balaban J connectivity index is 3.37. The molecule has 4 nitrogen and oxygen atoms in total. The highest BCUT2D eigenvalue weighted by atomic mass is 16.5. The van der Waals surface area contributed by atoms with Crippen LogP contribution in [0.15, 0.2) is 0 Å². The van der Waals surface area contributed by atoms with Gasteiger partial charge in [-0.05, 0) is 19.9 Å². The van der Waals surface area contributed by atoms with Gasteiger partial charge < -0.3 is 14.8 Å². The monoisotopic (exact) mass is 243 g/mol. The number of nitrogens with one attached hydrogen (secondary N) is 1. The van der Waals surface area contributed by atoms with Crippen molar-refractivity contribution in [2.75, 3.05) is 13.7 Å². The van der Waals surface area contributed by atoms with E-state index in [4.69, 9.17) is 4.74 Å². The van der Waals surface area contributed by atoms with Gasteiger partial charge in [0, 0.05) is 6.42 Å². The van der Waals surface area contributed by atoms with Crippen molar-refractivity contribution in [3.05, 3.63) is 0 Å². The van der Waals surface area contributed by atoms with Crippen LogP contribution in [0.1, 0.15) is 51.9 Å². The molecular weight excluding hydrogens is 218 g/mol. The average molecular weight is 243 g/mol. The lowest BCUT2D eigenvalue weighted by molar-refractivity contribution is -0.144. The molecule has 1 N–H and O–H groups in total. The zero-order valence-electron chi connectivity index (χ0n) is 11.0. The standard InChI is InChI=1S/C13H25NO3/c1-3-4-5-6-7-10-17-13(16)9-8-12(11-15)14-2/h11-12,14H,3-10H2,1-2H3/t12-/m0/s1. The number of likely N-dealkylation sites (N-methyl/N-ethyl adjacent to an activating group) is 1. The summed E-state index contributed by atoms with van der Waals surface area (Å²) in [5.74, 6) is -0.206. The predicted molar refractivity (Wildman–Crippen MR) is 67.9 cm³/mol. The Labute approximate surface area is 104 Å². The van der Waals surface area contributed by atoms with Crippen LogP contribution >= 0.6 is 0 Å². The number of hydrogen-bond acceptors (Lipinski definition) is 4. The van der Waals surface area contributed by atoms with Crippen LogP contribution in [0.4, 0.5) is 0 Å². The Hall–Kier alpha value is -0.900. The molecule has 0 aliphatic rings. The third-order valence-corrected chi connectivity index (χ3v) is 2.71. The summed E-state index contributed by atoms with van der Waals surface area (Å²) in [6.07, 6.45) is 7.37. The third-order valence-electron chi connectivity index (χ3n) is 2.71.